The number of hydrogen-bond acceptors (Lipinski definition) is 3. The van der Waals surface area contributed by atoms with E-state index in [9.17, 15) is 5.11 Å². The largest absolute Gasteiger partial charge is 0.396 e. The molecule has 0 spiro atoms. The lowest BCUT2D eigenvalue weighted by Gasteiger charge is -2.28. The van der Waals surface area contributed by atoms with Crippen LogP contribution in [0.15, 0.2) is 0 Å². The van der Waals surface area contributed by atoms with E-state index in [-0.39, 0.29) is 12.7 Å². The Morgan fingerprint density at radius 3 is 2.42 bits per heavy atom. The average molecular weight is 173 g/mol. The maximum absolute atomic E-state index is 9.40. The van der Waals surface area contributed by atoms with Crippen LogP contribution < -0.4 is 0 Å². The molecule has 1 fully saturated rings. The molecule has 0 saturated carbocycles. The standard InChI is InChI=1S/C9H19NO2/c11-7-4-9(12)8-10-5-2-1-3-6-10/h9,11-12H,1-8H2. The zero-order valence-electron chi connectivity index (χ0n) is 7.58. The predicted molar refractivity (Wildman–Crippen MR) is 48.0 cm³/mol. The van der Waals surface area contributed by atoms with E-state index in [2.05, 4.69) is 4.90 Å². The number of aliphatic hydroxyl groups is 2. The third-order valence-electron chi connectivity index (χ3n) is 2.38. The smallest absolute Gasteiger partial charge is 0.0688 e. The van der Waals surface area contributed by atoms with Gasteiger partial charge in [0.2, 0.25) is 0 Å². The Hall–Kier alpha value is -0.120. The highest BCUT2D eigenvalue weighted by molar-refractivity contribution is 4.68. The first kappa shape index (κ1) is 9.96. The lowest BCUT2D eigenvalue weighted by molar-refractivity contribution is 0.0795. The van der Waals surface area contributed by atoms with E-state index in [0.29, 0.717) is 6.42 Å². The average Bonchev–Trinajstić information content (AvgIpc) is 2.06. The van der Waals surface area contributed by atoms with Gasteiger partial charge in [-0.25, -0.2) is 0 Å². The quantitative estimate of drug-likeness (QED) is 0.639. The molecule has 12 heavy (non-hydrogen) atoms. The summed E-state index contributed by atoms with van der Waals surface area (Å²) >= 11 is 0. The van der Waals surface area contributed by atoms with Crippen molar-refractivity contribution in [3.05, 3.63) is 0 Å². The van der Waals surface area contributed by atoms with E-state index in [4.69, 9.17) is 5.11 Å². The van der Waals surface area contributed by atoms with Crippen molar-refractivity contribution in [3.8, 4) is 0 Å². The van der Waals surface area contributed by atoms with Gasteiger partial charge in [-0.05, 0) is 32.4 Å². The van der Waals surface area contributed by atoms with E-state index in [1.165, 1.54) is 19.3 Å². The second kappa shape index (κ2) is 5.51. The molecular weight excluding hydrogens is 154 g/mol. The lowest BCUT2D eigenvalue weighted by Crippen LogP contribution is -2.36. The van der Waals surface area contributed by atoms with E-state index in [1.807, 2.05) is 0 Å². The van der Waals surface area contributed by atoms with Gasteiger partial charge in [-0.2, -0.15) is 0 Å². The predicted octanol–water partition coefficient (Wildman–Crippen LogP) is 0.216. The third kappa shape index (κ3) is 3.52. The summed E-state index contributed by atoms with van der Waals surface area (Å²) in [5, 5.41) is 18.0. The van der Waals surface area contributed by atoms with Gasteiger partial charge in [0.15, 0.2) is 0 Å². The number of piperidine rings is 1. The molecule has 3 nitrogen and oxygen atoms in total. The Labute approximate surface area is 74.0 Å². The highest BCUT2D eigenvalue weighted by Gasteiger charge is 2.13. The molecule has 1 aliphatic heterocycles. The fourth-order valence-electron chi connectivity index (χ4n) is 1.68. The first-order valence-electron chi connectivity index (χ1n) is 4.84. The summed E-state index contributed by atoms with van der Waals surface area (Å²) in [5.74, 6) is 0. The van der Waals surface area contributed by atoms with Crippen LogP contribution in [-0.4, -0.2) is 47.5 Å². The molecule has 0 amide bonds. The van der Waals surface area contributed by atoms with Crippen molar-refractivity contribution in [3.63, 3.8) is 0 Å². The Balaban J connectivity index is 2.11. The van der Waals surface area contributed by atoms with Gasteiger partial charge in [0.05, 0.1) is 6.10 Å². The van der Waals surface area contributed by atoms with Crippen LogP contribution in [0.5, 0.6) is 0 Å². The van der Waals surface area contributed by atoms with E-state index in [0.717, 1.165) is 19.6 Å². The Kier molecular flexibility index (Phi) is 4.58. The molecule has 0 aromatic rings. The maximum atomic E-state index is 9.40. The lowest BCUT2D eigenvalue weighted by atomic mass is 10.1. The number of rotatable bonds is 4. The molecule has 0 radical (unpaired) electrons. The van der Waals surface area contributed by atoms with Crippen LogP contribution in [0.25, 0.3) is 0 Å². The second-order valence-electron chi connectivity index (χ2n) is 3.53. The van der Waals surface area contributed by atoms with Gasteiger partial charge in [0, 0.05) is 13.2 Å². The summed E-state index contributed by atoms with van der Waals surface area (Å²) in [6.07, 6.45) is 4.01. The highest BCUT2D eigenvalue weighted by Crippen LogP contribution is 2.09. The Morgan fingerprint density at radius 2 is 1.83 bits per heavy atom. The fourth-order valence-corrected chi connectivity index (χ4v) is 1.68. The highest BCUT2D eigenvalue weighted by atomic mass is 16.3. The van der Waals surface area contributed by atoms with Crippen molar-refractivity contribution in [1.82, 2.24) is 4.90 Å². The first-order chi connectivity index (χ1) is 5.83. The molecule has 0 aromatic carbocycles. The summed E-state index contributed by atoms with van der Waals surface area (Å²) in [6, 6.07) is 0. The van der Waals surface area contributed by atoms with Crippen molar-refractivity contribution in [2.75, 3.05) is 26.2 Å². The number of likely N-dealkylation sites (tertiary alicyclic amines) is 1. The Bertz CT molecular complexity index is 113. The van der Waals surface area contributed by atoms with E-state index < -0.39 is 0 Å². The summed E-state index contributed by atoms with van der Waals surface area (Å²) in [6.45, 7) is 3.06. The van der Waals surface area contributed by atoms with Crippen LogP contribution in [-0.2, 0) is 0 Å². The molecule has 1 saturated heterocycles. The minimum Gasteiger partial charge on any atom is -0.396 e. The molecule has 1 rings (SSSR count). The second-order valence-corrected chi connectivity index (χ2v) is 3.53. The van der Waals surface area contributed by atoms with Gasteiger partial charge >= 0.3 is 0 Å². The molecule has 0 aromatic heterocycles. The fraction of sp³-hybridized carbons (Fsp3) is 1.00. The van der Waals surface area contributed by atoms with Crippen molar-refractivity contribution in [2.24, 2.45) is 0 Å². The zero-order chi connectivity index (χ0) is 8.81. The van der Waals surface area contributed by atoms with Crippen LogP contribution >= 0.6 is 0 Å². The van der Waals surface area contributed by atoms with Gasteiger partial charge in [-0.15, -0.1) is 0 Å². The van der Waals surface area contributed by atoms with Crippen LogP contribution in [0.4, 0.5) is 0 Å². The number of nitrogens with zero attached hydrogens (tertiary/aromatic N) is 1. The molecule has 2 N–H and O–H groups in total. The van der Waals surface area contributed by atoms with Gasteiger partial charge in [0.25, 0.3) is 0 Å². The molecular formula is C9H19NO2. The molecule has 1 aliphatic rings. The van der Waals surface area contributed by atoms with E-state index in [1.54, 1.807) is 0 Å². The summed E-state index contributed by atoms with van der Waals surface area (Å²) in [7, 11) is 0. The topological polar surface area (TPSA) is 43.7 Å². The summed E-state index contributed by atoms with van der Waals surface area (Å²) in [4.78, 5) is 2.28. The minimum atomic E-state index is -0.340. The third-order valence-corrected chi connectivity index (χ3v) is 2.38. The van der Waals surface area contributed by atoms with Gasteiger partial charge in [-0.1, -0.05) is 6.42 Å². The normalized spacial score (nSPS) is 22.5. The molecule has 72 valence electrons. The summed E-state index contributed by atoms with van der Waals surface area (Å²) in [5.41, 5.74) is 0. The van der Waals surface area contributed by atoms with Crippen LogP contribution in [0, 0.1) is 0 Å². The minimum absolute atomic E-state index is 0.0923. The maximum Gasteiger partial charge on any atom is 0.0688 e. The van der Waals surface area contributed by atoms with Crippen molar-refractivity contribution < 1.29 is 10.2 Å². The molecule has 0 bridgehead atoms. The molecule has 3 heteroatoms. The number of β-amino-alcohol motifs (C(OH)–C–C–N with tert-alkyl or cyclic N) is 1. The molecule has 1 heterocycles. The molecule has 1 atom stereocenters. The van der Waals surface area contributed by atoms with Crippen LogP contribution in [0.1, 0.15) is 25.7 Å². The Morgan fingerprint density at radius 1 is 1.17 bits per heavy atom. The van der Waals surface area contributed by atoms with Crippen LogP contribution in [0.3, 0.4) is 0 Å². The SMILES string of the molecule is OCCC(O)CN1CCCCC1. The monoisotopic (exact) mass is 173 g/mol. The first-order valence-corrected chi connectivity index (χ1v) is 4.84. The molecule has 0 aliphatic carbocycles. The van der Waals surface area contributed by atoms with Crippen molar-refractivity contribution >= 4 is 0 Å². The number of aliphatic hydroxyl groups excluding tert-OH is 2. The summed E-state index contributed by atoms with van der Waals surface area (Å²) < 4.78 is 0. The van der Waals surface area contributed by atoms with Gasteiger partial charge in [-0.3, -0.25) is 0 Å². The van der Waals surface area contributed by atoms with Gasteiger partial charge in [0.1, 0.15) is 0 Å². The van der Waals surface area contributed by atoms with Crippen molar-refractivity contribution in [2.45, 2.75) is 31.8 Å². The number of hydrogen-bond donors (Lipinski definition) is 2. The van der Waals surface area contributed by atoms with E-state index >= 15 is 0 Å². The van der Waals surface area contributed by atoms with Crippen LogP contribution in [0.2, 0.25) is 0 Å². The van der Waals surface area contributed by atoms with Gasteiger partial charge < -0.3 is 15.1 Å². The molecule has 1 unspecified atom stereocenters. The zero-order valence-corrected chi connectivity index (χ0v) is 7.58. The van der Waals surface area contributed by atoms with Crippen molar-refractivity contribution in [1.29, 1.82) is 0 Å².